The van der Waals surface area contributed by atoms with Crippen LogP contribution in [0.3, 0.4) is 0 Å². The Bertz CT molecular complexity index is 655. The molecule has 1 saturated heterocycles. The lowest BCUT2D eigenvalue weighted by Crippen LogP contribution is -2.60. The highest BCUT2D eigenvalue weighted by Crippen LogP contribution is 2.68. The van der Waals surface area contributed by atoms with Crippen molar-refractivity contribution in [3.63, 3.8) is 0 Å². The van der Waals surface area contributed by atoms with Crippen molar-refractivity contribution in [2.24, 2.45) is 52.3 Å². The molecule has 1 N–H and O–H groups in total. The SMILES string of the molecule is CC(C)CCC[C@@H](C)[C@H]1CC[C@H]2[C@@H]3CC[C@H]4C[C@@H](N5CC(O)C5)CC[C@]4(C)[C@H]3CC[C@]12C. The van der Waals surface area contributed by atoms with E-state index < -0.39 is 0 Å². The molecule has 5 aliphatic rings. The maximum atomic E-state index is 9.79. The van der Waals surface area contributed by atoms with E-state index >= 15 is 0 Å². The fourth-order valence-electron chi connectivity index (χ4n) is 10.4. The Hall–Kier alpha value is -0.0800. The van der Waals surface area contributed by atoms with E-state index in [2.05, 4.69) is 39.5 Å². The third-order valence-corrected chi connectivity index (χ3v) is 12.2. The van der Waals surface area contributed by atoms with Gasteiger partial charge in [-0.25, -0.2) is 0 Å². The van der Waals surface area contributed by atoms with Gasteiger partial charge in [0.15, 0.2) is 0 Å². The van der Waals surface area contributed by atoms with Crippen molar-refractivity contribution in [3.05, 3.63) is 0 Å². The van der Waals surface area contributed by atoms with Crippen LogP contribution >= 0.6 is 0 Å². The molecule has 0 unspecified atom stereocenters. The highest BCUT2D eigenvalue weighted by molar-refractivity contribution is 5.10. The van der Waals surface area contributed by atoms with Crippen molar-refractivity contribution in [2.45, 2.75) is 124 Å². The van der Waals surface area contributed by atoms with Crippen molar-refractivity contribution >= 4 is 0 Å². The largest absolute Gasteiger partial charge is 0.390 e. The van der Waals surface area contributed by atoms with Crippen LogP contribution in [0.25, 0.3) is 0 Å². The molecule has 2 nitrogen and oxygen atoms in total. The molecule has 184 valence electrons. The van der Waals surface area contributed by atoms with E-state index in [1.54, 1.807) is 0 Å². The molecular formula is C30H53NO. The number of rotatable bonds is 6. The summed E-state index contributed by atoms with van der Waals surface area (Å²) in [4.78, 5) is 2.59. The Kier molecular flexibility index (Phi) is 6.54. The normalized spacial score (nSPS) is 48.1. The highest BCUT2D eigenvalue weighted by Gasteiger charge is 2.60. The van der Waals surface area contributed by atoms with Gasteiger partial charge in [0.1, 0.15) is 0 Å². The van der Waals surface area contributed by atoms with Crippen molar-refractivity contribution in [1.29, 1.82) is 0 Å². The van der Waals surface area contributed by atoms with Crippen molar-refractivity contribution in [1.82, 2.24) is 4.90 Å². The van der Waals surface area contributed by atoms with Crippen LogP contribution in [0.5, 0.6) is 0 Å². The number of nitrogens with zero attached hydrogens (tertiary/aromatic N) is 1. The minimum Gasteiger partial charge on any atom is -0.390 e. The average molecular weight is 444 g/mol. The van der Waals surface area contributed by atoms with Gasteiger partial charge in [0, 0.05) is 19.1 Å². The van der Waals surface area contributed by atoms with Gasteiger partial charge in [0.2, 0.25) is 0 Å². The Morgan fingerprint density at radius 3 is 2.28 bits per heavy atom. The summed E-state index contributed by atoms with van der Waals surface area (Å²) < 4.78 is 0. The maximum absolute atomic E-state index is 9.79. The molecule has 0 bridgehead atoms. The van der Waals surface area contributed by atoms with E-state index in [-0.39, 0.29) is 6.10 Å². The van der Waals surface area contributed by atoms with E-state index in [4.69, 9.17) is 0 Å². The summed E-state index contributed by atoms with van der Waals surface area (Å²) in [5.74, 6) is 6.75. The van der Waals surface area contributed by atoms with Crippen molar-refractivity contribution in [2.75, 3.05) is 13.1 Å². The molecule has 4 saturated carbocycles. The fraction of sp³-hybridized carbons (Fsp3) is 1.00. The van der Waals surface area contributed by atoms with Crippen LogP contribution in [0.15, 0.2) is 0 Å². The fourth-order valence-corrected chi connectivity index (χ4v) is 10.4. The third kappa shape index (κ3) is 3.92. The molecule has 5 rings (SSSR count). The summed E-state index contributed by atoms with van der Waals surface area (Å²) in [7, 11) is 0. The molecule has 4 aliphatic carbocycles. The highest BCUT2D eigenvalue weighted by atomic mass is 16.3. The Labute approximate surface area is 199 Å². The molecule has 2 heteroatoms. The molecule has 0 amide bonds. The molecule has 0 aromatic rings. The molecular weight excluding hydrogens is 390 g/mol. The van der Waals surface area contributed by atoms with Gasteiger partial charge < -0.3 is 5.11 Å². The second kappa shape index (κ2) is 8.85. The summed E-state index contributed by atoms with van der Waals surface area (Å²) in [5.41, 5.74) is 1.23. The third-order valence-electron chi connectivity index (χ3n) is 12.2. The van der Waals surface area contributed by atoms with Gasteiger partial charge in [-0.1, -0.05) is 53.9 Å². The van der Waals surface area contributed by atoms with Gasteiger partial charge in [0.05, 0.1) is 6.10 Å². The van der Waals surface area contributed by atoms with Gasteiger partial charge in [-0.15, -0.1) is 0 Å². The van der Waals surface area contributed by atoms with E-state index in [9.17, 15) is 5.11 Å². The monoisotopic (exact) mass is 443 g/mol. The number of hydrogen-bond donors (Lipinski definition) is 1. The zero-order chi connectivity index (χ0) is 22.7. The lowest BCUT2D eigenvalue weighted by atomic mass is 9.44. The number of likely N-dealkylation sites (tertiary alicyclic amines) is 1. The van der Waals surface area contributed by atoms with E-state index in [0.717, 1.165) is 60.6 Å². The quantitative estimate of drug-likeness (QED) is 0.471. The number of β-amino-alcohol motifs (C(OH)–C–C–N with tert-alkyl or cyclic N) is 1. The van der Waals surface area contributed by atoms with Crippen LogP contribution in [0.4, 0.5) is 0 Å². The van der Waals surface area contributed by atoms with E-state index in [1.807, 2.05) is 0 Å². The molecule has 1 aliphatic heterocycles. The zero-order valence-electron chi connectivity index (χ0n) is 22.0. The zero-order valence-corrected chi connectivity index (χ0v) is 22.0. The average Bonchev–Trinajstić information content (AvgIpc) is 3.08. The molecule has 0 aromatic carbocycles. The Morgan fingerprint density at radius 1 is 0.844 bits per heavy atom. The molecule has 1 heterocycles. The molecule has 0 radical (unpaired) electrons. The number of aliphatic hydroxyl groups is 1. The van der Waals surface area contributed by atoms with Crippen LogP contribution in [0.2, 0.25) is 0 Å². The second-order valence-electron chi connectivity index (χ2n) is 14.2. The lowest BCUT2D eigenvalue weighted by Gasteiger charge is -2.62. The van der Waals surface area contributed by atoms with Crippen LogP contribution in [0.1, 0.15) is 112 Å². The van der Waals surface area contributed by atoms with Crippen LogP contribution in [-0.4, -0.2) is 35.2 Å². The van der Waals surface area contributed by atoms with E-state index in [1.165, 1.54) is 77.0 Å². The summed E-state index contributed by atoms with van der Waals surface area (Å²) in [5, 5.41) is 9.79. The van der Waals surface area contributed by atoms with Gasteiger partial charge >= 0.3 is 0 Å². The molecule has 0 aromatic heterocycles. The Morgan fingerprint density at radius 2 is 1.56 bits per heavy atom. The topological polar surface area (TPSA) is 23.5 Å². The predicted molar refractivity (Wildman–Crippen MR) is 134 cm³/mol. The minimum atomic E-state index is -0.0434. The smallest absolute Gasteiger partial charge is 0.0794 e. The van der Waals surface area contributed by atoms with Gasteiger partial charge in [-0.2, -0.15) is 0 Å². The minimum absolute atomic E-state index is 0.0434. The van der Waals surface area contributed by atoms with Crippen LogP contribution in [0, 0.1) is 52.3 Å². The second-order valence-corrected chi connectivity index (χ2v) is 14.2. The summed E-state index contributed by atoms with van der Waals surface area (Å²) in [6.07, 6.45) is 17.6. The number of fused-ring (bicyclic) bond motifs is 5. The molecule has 9 atom stereocenters. The number of aliphatic hydroxyl groups excluding tert-OH is 1. The van der Waals surface area contributed by atoms with Gasteiger partial charge in [-0.3, -0.25) is 4.90 Å². The molecule has 0 spiro atoms. The summed E-state index contributed by atoms with van der Waals surface area (Å²) in [6.45, 7) is 14.7. The summed E-state index contributed by atoms with van der Waals surface area (Å²) >= 11 is 0. The number of hydrogen-bond acceptors (Lipinski definition) is 2. The summed E-state index contributed by atoms with van der Waals surface area (Å²) in [6, 6.07) is 0.768. The predicted octanol–water partition coefficient (Wildman–Crippen LogP) is 7.15. The Balaban J connectivity index is 1.24. The first-order valence-electron chi connectivity index (χ1n) is 14.6. The van der Waals surface area contributed by atoms with Gasteiger partial charge in [-0.05, 0) is 110 Å². The van der Waals surface area contributed by atoms with E-state index in [0.29, 0.717) is 10.8 Å². The first kappa shape index (κ1) is 23.7. The standard InChI is InChI=1S/C30H53NO/c1-20(2)7-6-8-21(3)26-11-12-27-25-10-9-22-17-23(31-18-24(32)19-31)13-15-29(22,4)28(25)14-16-30(26,27)5/h20-28,32H,6-19H2,1-5H3/t21-,22+,23+,25+,26-,27+,28+,29+,30-/m1/s1. The first-order valence-corrected chi connectivity index (χ1v) is 14.6. The lowest BCUT2D eigenvalue weighted by molar-refractivity contribution is -0.133. The first-order chi connectivity index (χ1) is 15.2. The van der Waals surface area contributed by atoms with Crippen molar-refractivity contribution in [3.8, 4) is 0 Å². The molecule has 32 heavy (non-hydrogen) atoms. The van der Waals surface area contributed by atoms with Crippen molar-refractivity contribution < 1.29 is 5.11 Å². The van der Waals surface area contributed by atoms with Gasteiger partial charge in [0.25, 0.3) is 0 Å². The maximum Gasteiger partial charge on any atom is 0.0794 e. The molecule has 5 fully saturated rings. The van der Waals surface area contributed by atoms with Crippen LogP contribution in [-0.2, 0) is 0 Å². The van der Waals surface area contributed by atoms with Crippen LogP contribution < -0.4 is 0 Å².